The van der Waals surface area contributed by atoms with Crippen molar-refractivity contribution in [2.75, 3.05) is 13.1 Å². The summed E-state index contributed by atoms with van der Waals surface area (Å²) in [6.45, 7) is 3.53. The second-order valence-electron chi connectivity index (χ2n) is 6.72. The number of piperidine rings is 1. The zero-order valence-corrected chi connectivity index (χ0v) is 15.0. The van der Waals surface area contributed by atoms with Gasteiger partial charge in [-0.1, -0.05) is 0 Å². The smallest absolute Gasteiger partial charge is 0.272 e. The number of likely N-dealkylation sites (tertiary alicyclic amines) is 1. The van der Waals surface area contributed by atoms with Crippen LogP contribution in [-0.4, -0.2) is 48.2 Å². The first-order valence-electron chi connectivity index (χ1n) is 8.86. The van der Waals surface area contributed by atoms with Crippen LogP contribution in [0.2, 0.25) is 0 Å². The van der Waals surface area contributed by atoms with Crippen molar-refractivity contribution in [2.45, 2.75) is 25.8 Å². The van der Waals surface area contributed by atoms with Crippen LogP contribution >= 0.6 is 0 Å². The maximum absolute atomic E-state index is 12.9. The Hall–Kier alpha value is -2.96. The van der Waals surface area contributed by atoms with E-state index in [0.29, 0.717) is 12.2 Å². The predicted octanol–water partition coefficient (Wildman–Crippen LogP) is 2.46. The molecule has 0 N–H and O–H groups in total. The van der Waals surface area contributed by atoms with Crippen LogP contribution in [0, 0.1) is 6.92 Å². The first kappa shape index (κ1) is 16.5. The molecule has 26 heavy (non-hydrogen) atoms. The summed E-state index contributed by atoms with van der Waals surface area (Å²) >= 11 is 0. The highest BCUT2D eigenvalue weighted by Crippen LogP contribution is 2.29. The lowest BCUT2D eigenvalue weighted by Crippen LogP contribution is -2.41. The van der Waals surface area contributed by atoms with Gasteiger partial charge in [-0.25, -0.2) is 4.98 Å². The molecule has 0 saturated carbocycles. The van der Waals surface area contributed by atoms with Gasteiger partial charge in [0.1, 0.15) is 11.5 Å². The summed E-state index contributed by atoms with van der Waals surface area (Å²) in [4.78, 5) is 23.5. The van der Waals surface area contributed by atoms with Crippen molar-refractivity contribution in [3.05, 3.63) is 54.4 Å². The molecule has 1 atom stereocenters. The van der Waals surface area contributed by atoms with Crippen molar-refractivity contribution in [3.63, 3.8) is 0 Å². The summed E-state index contributed by atoms with van der Waals surface area (Å²) in [5, 5.41) is 4.12. The lowest BCUT2D eigenvalue weighted by molar-refractivity contribution is 0.0668. The lowest BCUT2D eigenvalue weighted by atomic mass is 10.0. The van der Waals surface area contributed by atoms with Crippen molar-refractivity contribution in [3.8, 4) is 11.4 Å². The molecule has 1 fully saturated rings. The van der Waals surface area contributed by atoms with Gasteiger partial charge in [-0.3, -0.25) is 14.5 Å². The molecule has 0 aliphatic carbocycles. The van der Waals surface area contributed by atoms with Gasteiger partial charge in [0.15, 0.2) is 0 Å². The highest BCUT2D eigenvalue weighted by molar-refractivity contribution is 5.92. The van der Waals surface area contributed by atoms with Crippen LogP contribution in [0.15, 0.2) is 43.0 Å². The maximum Gasteiger partial charge on any atom is 0.272 e. The van der Waals surface area contributed by atoms with Crippen molar-refractivity contribution in [1.29, 1.82) is 0 Å². The van der Waals surface area contributed by atoms with Gasteiger partial charge in [-0.2, -0.15) is 5.10 Å². The largest absolute Gasteiger partial charge is 0.335 e. The molecule has 1 aliphatic heterocycles. The van der Waals surface area contributed by atoms with Gasteiger partial charge in [-0.15, -0.1) is 0 Å². The molecular formula is C19H22N6O. The summed E-state index contributed by atoms with van der Waals surface area (Å²) < 4.78 is 3.90. The molecule has 0 spiro atoms. The van der Waals surface area contributed by atoms with Gasteiger partial charge in [-0.05, 0) is 38.0 Å². The third kappa shape index (κ3) is 2.89. The fourth-order valence-corrected chi connectivity index (χ4v) is 3.72. The first-order valence-corrected chi connectivity index (χ1v) is 8.86. The van der Waals surface area contributed by atoms with E-state index in [9.17, 15) is 4.79 Å². The number of rotatable bonds is 3. The molecule has 7 nitrogen and oxygen atoms in total. The SMILES string of the molecule is Cc1cnc(-c2ccncc2)n1C1CCCN(C(=O)c2ccnn2C)C1. The zero-order valence-electron chi connectivity index (χ0n) is 15.0. The molecule has 3 aromatic rings. The Morgan fingerprint density at radius 1 is 1.19 bits per heavy atom. The Bertz CT molecular complexity index is 913. The second-order valence-corrected chi connectivity index (χ2v) is 6.72. The molecule has 3 aromatic heterocycles. The van der Waals surface area contributed by atoms with Crippen LogP contribution in [0.4, 0.5) is 0 Å². The van der Waals surface area contributed by atoms with Gasteiger partial charge < -0.3 is 9.47 Å². The number of hydrogen-bond acceptors (Lipinski definition) is 4. The summed E-state index contributed by atoms with van der Waals surface area (Å²) in [5.74, 6) is 0.975. The predicted molar refractivity (Wildman–Crippen MR) is 97.6 cm³/mol. The van der Waals surface area contributed by atoms with E-state index >= 15 is 0 Å². The van der Waals surface area contributed by atoms with Crippen LogP contribution in [0.5, 0.6) is 0 Å². The molecule has 7 heteroatoms. The molecule has 1 saturated heterocycles. The summed E-state index contributed by atoms with van der Waals surface area (Å²) in [6, 6.07) is 5.93. The van der Waals surface area contributed by atoms with Gasteiger partial charge in [0, 0.05) is 56.2 Å². The van der Waals surface area contributed by atoms with E-state index in [4.69, 9.17) is 0 Å². The number of imidazole rings is 1. The number of carbonyl (C=O) groups excluding carboxylic acids is 1. The number of nitrogens with zero attached hydrogens (tertiary/aromatic N) is 6. The van der Waals surface area contributed by atoms with E-state index in [1.807, 2.05) is 23.2 Å². The third-order valence-electron chi connectivity index (χ3n) is 5.01. The summed E-state index contributed by atoms with van der Waals surface area (Å²) in [7, 11) is 1.80. The number of aryl methyl sites for hydroxylation is 2. The van der Waals surface area contributed by atoms with Crippen molar-refractivity contribution >= 4 is 5.91 Å². The average Bonchev–Trinajstić information content (AvgIpc) is 3.27. The number of amides is 1. The van der Waals surface area contributed by atoms with Crippen LogP contribution in [-0.2, 0) is 7.05 Å². The van der Waals surface area contributed by atoms with Gasteiger partial charge >= 0.3 is 0 Å². The fraction of sp³-hybridized carbons (Fsp3) is 0.368. The van der Waals surface area contributed by atoms with E-state index < -0.39 is 0 Å². The summed E-state index contributed by atoms with van der Waals surface area (Å²) in [5.41, 5.74) is 2.78. The molecule has 0 bridgehead atoms. The average molecular weight is 350 g/mol. The van der Waals surface area contributed by atoms with Crippen LogP contribution in [0.3, 0.4) is 0 Å². The second kappa shape index (κ2) is 6.74. The molecule has 0 radical (unpaired) electrons. The molecule has 1 unspecified atom stereocenters. The monoisotopic (exact) mass is 350 g/mol. The first-order chi connectivity index (χ1) is 12.6. The van der Waals surface area contributed by atoms with Gasteiger partial charge in [0.05, 0.1) is 6.04 Å². The standard InChI is InChI=1S/C19H22N6O/c1-14-12-21-18(15-5-8-20-9-6-15)25(14)16-4-3-11-24(13-16)19(26)17-7-10-22-23(17)2/h5-10,12,16H,3-4,11,13H2,1-2H3. The van der Waals surface area contributed by atoms with E-state index in [-0.39, 0.29) is 11.9 Å². The molecule has 1 aliphatic rings. The Balaban J connectivity index is 1.62. The van der Waals surface area contributed by atoms with Crippen LogP contribution < -0.4 is 0 Å². The highest BCUT2D eigenvalue weighted by atomic mass is 16.2. The maximum atomic E-state index is 12.9. The van der Waals surface area contributed by atoms with Gasteiger partial charge in [0.25, 0.3) is 5.91 Å². The van der Waals surface area contributed by atoms with E-state index in [1.54, 1.807) is 36.4 Å². The third-order valence-corrected chi connectivity index (χ3v) is 5.01. The highest BCUT2D eigenvalue weighted by Gasteiger charge is 2.29. The Labute approximate surface area is 152 Å². The Morgan fingerprint density at radius 3 is 2.73 bits per heavy atom. The molecule has 0 aromatic carbocycles. The summed E-state index contributed by atoms with van der Waals surface area (Å²) in [6.07, 6.45) is 9.13. The van der Waals surface area contributed by atoms with Crippen LogP contribution in [0.1, 0.15) is 35.1 Å². The van der Waals surface area contributed by atoms with E-state index in [1.165, 1.54) is 0 Å². The van der Waals surface area contributed by atoms with Crippen molar-refractivity contribution in [1.82, 2.24) is 29.2 Å². The number of pyridine rings is 1. The molecular weight excluding hydrogens is 328 g/mol. The van der Waals surface area contributed by atoms with Gasteiger partial charge in [0.2, 0.25) is 0 Å². The quantitative estimate of drug-likeness (QED) is 0.728. The number of carbonyl (C=O) groups is 1. The molecule has 1 amide bonds. The molecule has 4 heterocycles. The zero-order chi connectivity index (χ0) is 18.1. The minimum atomic E-state index is 0.0397. The Kier molecular flexibility index (Phi) is 4.28. The number of hydrogen-bond donors (Lipinski definition) is 0. The normalized spacial score (nSPS) is 17.5. The van der Waals surface area contributed by atoms with Crippen molar-refractivity contribution in [2.24, 2.45) is 7.05 Å². The minimum Gasteiger partial charge on any atom is -0.335 e. The lowest BCUT2D eigenvalue weighted by Gasteiger charge is -2.34. The molecule has 4 rings (SSSR count). The van der Waals surface area contributed by atoms with E-state index in [2.05, 4.69) is 26.6 Å². The fourth-order valence-electron chi connectivity index (χ4n) is 3.72. The Morgan fingerprint density at radius 2 is 2.00 bits per heavy atom. The molecule has 134 valence electrons. The van der Waals surface area contributed by atoms with E-state index in [0.717, 1.165) is 36.5 Å². The topological polar surface area (TPSA) is 68.8 Å². The van der Waals surface area contributed by atoms with Crippen molar-refractivity contribution < 1.29 is 4.79 Å². The minimum absolute atomic E-state index is 0.0397. The number of aromatic nitrogens is 5. The van der Waals surface area contributed by atoms with Crippen LogP contribution in [0.25, 0.3) is 11.4 Å².